The summed E-state index contributed by atoms with van der Waals surface area (Å²) in [6, 6.07) is 0. The molecule has 3 heteroatoms. The minimum Gasteiger partial charge on any atom is -0.385 e. The largest absolute Gasteiger partial charge is 0.385 e. The van der Waals surface area contributed by atoms with E-state index >= 15 is 0 Å². The van der Waals surface area contributed by atoms with Crippen molar-refractivity contribution < 1.29 is 4.74 Å². The average molecular weight is 208 g/mol. The first-order valence-electron chi connectivity index (χ1n) is 5.83. The van der Waals surface area contributed by atoms with Crippen molar-refractivity contribution in [1.82, 2.24) is 9.55 Å². The summed E-state index contributed by atoms with van der Waals surface area (Å²) in [5.41, 5.74) is 1.42. The normalized spacial score (nSPS) is 20.3. The number of aromatic nitrogens is 2. The molecule has 15 heavy (non-hydrogen) atoms. The predicted molar refractivity (Wildman–Crippen MR) is 59.9 cm³/mol. The third-order valence-corrected chi connectivity index (χ3v) is 3.16. The van der Waals surface area contributed by atoms with E-state index in [-0.39, 0.29) is 0 Å². The lowest BCUT2D eigenvalue weighted by molar-refractivity contribution is 0.194. The molecule has 0 saturated heterocycles. The van der Waals surface area contributed by atoms with Crippen LogP contribution in [-0.2, 0) is 24.1 Å². The molecule has 1 aliphatic heterocycles. The van der Waals surface area contributed by atoms with Crippen molar-refractivity contribution in [3.8, 4) is 0 Å². The molecule has 0 N–H and O–H groups in total. The highest BCUT2D eigenvalue weighted by atomic mass is 16.5. The third kappa shape index (κ3) is 2.40. The van der Waals surface area contributed by atoms with Gasteiger partial charge in [-0.05, 0) is 25.2 Å². The smallest absolute Gasteiger partial charge is 0.108 e. The second kappa shape index (κ2) is 4.79. The van der Waals surface area contributed by atoms with Crippen molar-refractivity contribution in [2.75, 3.05) is 13.7 Å². The number of rotatable bonds is 4. The lowest BCUT2D eigenvalue weighted by Gasteiger charge is -2.22. The number of hydrogen-bond donors (Lipinski definition) is 0. The van der Waals surface area contributed by atoms with Gasteiger partial charge in [0.1, 0.15) is 5.82 Å². The second-order valence-electron chi connectivity index (χ2n) is 4.52. The molecule has 2 rings (SSSR count). The Kier molecular flexibility index (Phi) is 3.41. The van der Waals surface area contributed by atoms with Crippen LogP contribution in [0.15, 0.2) is 6.20 Å². The number of imidazole rings is 1. The van der Waals surface area contributed by atoms with E-state index in [1.165, 1.54) is 24.4 Å². The van der Waals surface area contributed by atoms with Crippen LogP contribution < -0.4 is 0 Å². The molecule has 1 atom stereocenters. The molecular weight excluding hydrogens is 188 g/mol. The van der Waals surface area contributed by atoms with Crippen LogP contribution in [0.1, 0.15) is 31.3 Å². The molecule has 1 aliphatic rings. The molecule has 0 saturated carbocycles. The molecule has 0 fully saturated rings. The molecule has 2 heterocycles. The van der Waals surface area contributed by atoms with E-state index in [9.17, 15) is 0 Å². The van der Waals surface area contributed by atoms with E-state index in [1.54, 1.807) is 7.11 Å². The summed E-state index contributed by atoms with van der Waals surface area (Å²) in [5.74, 6) is 2.04. The number of methoxy groups -OCH3 is 1. The van der Waals surface area contributed by atoms with Gasteiger partial charge in [0.15, 0.2) is 0 Å². The highest BCUT2D eigenvalue weighted by Gasteiger charge is 2.17. The number of hydrogen-bond acceptors (Lipinski definition) is 2. The Morgan fingerprint density at radius 2 is 2.47 bits per heavy atom. The fourth-order valence-electron chi connectivity index (χ4n) is 2.25. The standard InChI is InChI=1S/C12H20N2O/c1-10-5-6-11-8-13-12(14(11)9-10)4-3-7-15-2/h8,10H,3-7,9H2,1-2H3. The minimum absolute atomic E-state index is 0.799. The monoisotopic (exact) mass is 208 g/mol. The van der Waals surface area contributed by atoms with Gasteiger partial charge >= 0.3 is 0 Å². The summed E-state index contributed by atoms with van der Waals surface area (Å²) >= 11 is 0. The van der Waals surface area contributed by atoms with Crippen LogP contribution in [0.2, 0.25) is 0 Å². The van der Waals surface area contributed by atoms with Gasteiger partial charge in [-0.15, -0.1) is 0 Å². The number of fused-ring (bicyclic) bond motifs is 1. The van der Waals surface area contributed by atoms with Crippen molar-refractivity contribution in [3.63, 3.8) is 0 Å². The molecule has 1 aromatic rings. The molecule has 1 aromatic heterocycles. The first-order valence-corrected chi connectivity index (χ1v) is 5.83. The predicted octanol–water partition coefficient (Wildman–Crippen LogP) is 2.04. The first-order chi connectivity index (χ1) is 7.31. The number of aryl methyl sites for hydroxylation is 2. The van der Waals surface area contributed by atoms with Gasteiger partial charge in [-0.1, -0.05) is 6.92 Å². The zero-order chi connectivity index (χ0) is 10.7. The van der Waals surface area contributed by atoms with Gasteiger partial charge in [0.2, 0.25) is 0 Å². The fraction of sp³-hybridized carbons (Fsp3) is 0.750. The van der Waals surface area contributed by atoms with Crippen LogP contribution >= 0.6 is 0 Å². The summed E-state index contributed by atoms with van der Waals surface area (Å²) in [5, 5.41) is 0. The molecule has 0 radical (unpaired) electrons. The zero-order valence-electron chi connectivity index (χ0n) is 9.70. The lowest BCUT2D eigenvalue weighted by atomic mass is 10.0. The SMILES string of the molecule is COCCCc1ncc2n1CC(C)CC2. The topological polar surface area (TPSA) is 27.1 Å². The van der Waals surface area contributed by atoms with Gasteiger partial charge in [0, 0.05) is 38.6 Å². The molecule has 0 bridgehead atoms. The molecule has 3 nitrogen and oxygen atoms in total. The third-order valence-electron chi connectivity index (χ3n) is 3.16. The van der Waals surface area contributed by atoms with Crippen molar-refractivity contribution >= 4 is 0 Å². The second-order valence-corrected chi connectivity index (χ2v) is 4.52. The van der Waals surface area contributed by atoms with Gasteiger partial charge in [0.25, 0.3) is 0 Å². The molecule has 1 unspecified atom stereocenters. The summed E-state index contributed by atoms with van der Waals surface area (Å²) in [6.07, 6.45) is 6.66. The van der Waals surface area contributed by atoms with Gasteiger partial charge in [-0.3, -0.25) is 0 Å². The zero-order valence-corrected chi connectivity index (χ0v) is 9.70. The molecule has 0 aliphatic carbocycles. The van der Waals surface area contributed by atoms with E-state index < -0.39 is 0 Å². The Balaban J connectivity index is 2.02. The summed E-state index contributed by atoms with van der Waals surface area (Å²) in [7, 11) is 1.75. The van der Waals surface area contributed by atoms with Crippen molar-refractivity contribution in [2.45, 2.75) is 39.2 Å². The number of ether oxygens (including phenoxy) is 1. The van der Waals surface area contributed by atoms with Crippen LogP contribution in [0.3, 0.4) is 0 Å². The van der Waals surface area contributed by atoms with Gasteiger partial charge in [0.05, 0.1) is 0 Å². The Bertz CT molecular complexity index is 319. The Labute approximate surface area is 91.5 Å². The van der Waals surface area contributed by atoms with Crippen molar-refractivity contribution in [2.24, 2.45) is 5.92 Å². The van der Waals surface area contributed by atoms with Crippen LogP contribution in [0, 0.1) is 5.92 Å². The Morgan fingerprint density at radius 1 is 1.60 bits per heavy atom. The quantitative estimate of drug-likeness (QED) is 0.708. The fourth-order valence-corrected chi connectivity index (χ4v) is 2.25. The van der Waals surface area contributed by atoms with Crippen molar-refractivity contribution in [1.29, 1.82) is 0 Å². The van der Waals surface area contributed by atoms with Gasteiger partial charge in [-0.25, -0.2) is 4.98 Å². The lowest BCUT2D eigenvalue weighted by Crippen LogP contribution is -2.19. The van der Waals surface area contributed by atoms with Crippen molar-refractivity contribution in [3.05, 3.63) is 17.7 Å². The van der Waals surface area contributed by atoms with E-state index in [4.69, 9.17) is 4.74 Å². The van der Waals surface area contributed by atoms with E-state index in [0.29, 0.717) is 0 Å². The highest BCUT2D eigenvalue weighted by Crippen LogP contribution is 2.21. The maximum atomic E-state index is 5.07. The van der Waals surface area contributed by atoms with Gasteiger partial charge < -0.3 is 9.30 Å². The maximum Gasteiger partial charge on any atom is 0.108 e. The van der Waals surface area contributed by atoms with Crippen LogP contribution in [-0.4, -0.2) is 23.3 Å². The van der Waals surface area contributed by atoms with E-state index in [0.717, 1.165) is 31.9 Å². The highest BCUT2D eigenvalue weighted by molar-refractivity contribution is 5.08. The molecule has 84 valence electrons. The Morgan fingerprint density at radius 3 is 3.27 bits per heavy atom. The van der Waals surface area contributed by atoms with Gasteiger partial charge in [-0.2, -0.15) is 0 Å². The molecule has 0 amide bonds. The molecular formula is C12H20N2O. The Hall–Kier alpha value is -0.830. The molecule has 0 aromatic carbocycles. The summed E-state index contributed by atoms with van der Waals surface area (Å²) < 4.78 is 7.47. The summed E-state index contributed by atoms with van der Waals surface area (Å²) in [4.78, 5) is 4.51. The average Bonchev–Trinajstić information content (AvgIpc) is 2.62. The van der Waals surface area contributed by atoms with E-state index in [1.807, 2.05) is 6.20 Å². The van der Waals surface area contributed by atoms with Crippen LogP contribution in [0.4, 0.5) is 0 Å². The summed E-state index contributed by atoms with van der Waals surface area (Å²) in [6.45, 7) is 4.30. The van der Waals surface area contributed by atoms with Crippen LogP contribution in [0.25, 0.3) is 0 Å². The van der Waals surface area contributed by atoms with E-state index in [2.05, 4.69) is 16.5 Å². The minimum atomic E-state index is 0.799. The maximum absolute atomic E-state index is 5.07. The first kappa shape index (κ1) is 10.7. The number of nitrogens with zero attached hydrogens (tertiary/aromatic N) is 2. The molecule has 0 spiro atoms. The van der Waals surface area contributed by atoms with Crippen LogP contribution in [0.5, 0.6) is 0 Å².